The summed E-state index contributed by atoms with van der Waals surface area (Å²) in [6.45, 7) is 6.31. The summed E-state index contributed by atoms with van der Waals surface area (Å²) >= 11 is 12.3. The largest absolute Gasteiger partial charge is 0.457 e. The number of hydrogen-bond donors (Lipinski definition) is 1. The van der Waals surface area contributed by atoms with E-state index >= 15 is 0 Å². The van der Waals surface area contributed by atoms with Crippen molar-refractivity contribution in [2.75, 3.05) is 4.90 Å². The van der Waals surface area contributed by atoms with Crippen molar-refractivity contribution in [1.29, 1.82) is 0 Å². The number of rotatable bonds is 6. The van der Waals surface area contributed by atoms with Gasteiger partial charge in [0.25, 0.3) is 0 Å². The zero-order chi connectivity index (χ0) is 27.8. The molecule has 0 spiro atoms. The Morgan fingerprint density at radius 2 is 1.62 bits per heavy atom. The molecular formula is C33H29ClN4OS. The quantitative estimate of drug-likeness (QED) is 0.210. The van der Waals surface area contributed by atoms with E-state index in [1.165, 1.54) is 5.56 Å². The predicted molar refractivity (Wildman–Crippen MR) is 166 cm³/mol. The lowest BCUT2D eigenvalue weighted by molar-refractivity contribution is 0.479. The van der Waals surface area contributed by atoms with Crippen molar-refractivity contribution in [2.45, 2.75) is 32.9 Å². The molecule has 1 fully saturated rings. The Kier molecular flexibility index (Phi) is 7.05. The van der Waals surface area contributed by atoms with E-state index in [1.54, 1.807) is 0 Å². The molecule has 2 atom stereocenters. The number of nitrogens with zero attached hydrogens (tertiary/aromatic N) is 3. The molecule has 3 heterocycles. The van der Waals surface area contributed by atoms with Gasteiger partial charge < -0.3 is 19.5 Å². The van der Waals surface area contributed by atoms with Crippen molar-refractivity contribution in [3.05, 3.63) is 136 Å². The summed E-state index contributed by atoms with van der Waals surface area (Å²) in [6.07, 6.45) is 1.83. The third kappa shape index (κ3) is 4.85. The van der Waals surface area contributed by atoms with Crippen molar-refractivity contribution in [3.63, 3.8) is 0 Å². The van der Waals surface area contributed by atoms with Gasteiger partial charge in [-0.3, -0.25) is 4.98 Å². The van der Waals surface area contributed by atoms with Crippen molar-refractivity contribution in [2.24, 2.45) is 0 Å². The van der Waals surface area contributed by atoms with Gasteiger partial charge in [0.05, 0.1) is 17.8 Å². The molecule has 3 aromatic carbocycles. The lowest BCUT2D eigenvalue weighted by atomic mass is 9.96. The number of benzene rings is 3. The van der Waals surface area contributed by atoms with Gasteiger partial charge in [0.1, 0.15) is 11.5 Å². The molecule has 40 heavy (non-hydrogen) atoms. The fourth-order valence-electron chi connectivity index (χ4n) is 5.52. The minimum absolute atomic E-state index is 0.121. The van der Waals surface area contributed by atoms with Crippen molar-refractivity contribution in [3.8, 4) is 17.2 Å². The minimum Gasteiger partial charge on any atom is -0.457 e. The molecule has 0 amide bonds. The van der Waals surface area contributed by atoms with Gasteiger partial charge in [-0.15, -0.1) is 0 Å². The second kappa shape index (κ2) is 10.8. The maximum Gasteiger partial charge on any atom is 0.174 e. The fourth-order valence-corrected chi connectivity index (χ4v) is 6.05. The second-order valence-electron chi connectivity index (χ2n) is 10.00. The number of pyridine rings is 1. The van der Waals surface area contributed by atoms with Crippen LogP contribution in [0.1, 0.15) is 40.3 Å². The van der Waals surface area contributed by atoms with Gasteiger partial charge in [0.15, 0.2) is 5.11 Å². The minimum atomic E-state index is -0.134. The van der Waals surface area contributed by atoms with Crippen LogP contribution < -0.4 is 15.0 Å². The summed E-state index contributed by atoms with van der Waals surface area (Å²) in [7, 11) is 0. The van der Waals surface area contributed by atoms with Crippen molar-refractivity contribution < 1.29 is 4.74 Å². The van der Waals surface area contributed by atoms with Crippen molar-refractivity contribution >= 4 is 34.6 Å². The Morgan fingerprint density at radius 3 is 2.35 bits per heavy atom. The van der Waals surface area contributed by atoms with E-state index < -0.39 is 0 Å². The fraction of sp³-hybridized carbons (Fsp3) is 0.152. The average Bonchev–Trinajstić information content (AvgIpc) is 3.45. The van der Waals surface area contributed by atoms with Gasteiger partial charge in [-0.1, -0.05) is 41.9 Å². The Hall–Kier alpha value is -4.13. The molecule has 2 aromatic heterocycles. The van der Waals surface area contributed by atoms with Crippen LogP contribution in [-0.2, 0) is 0 Å². The molecule has 1 saturated heterocycles. The Balaban J connectivity index is 1.42. The maximum absolute atomic E-state index is 6.36. The molecule has 0 unspecified atom stereocenters. The van der Waals surface area contributed by atoms with Crippen LogP contribution >= 0.6 is 23.8 Å². The Morgan fingerprint density at radius 1 is 0.850 bits per heavy atom. The van der Waals surface area contributed by atoms with Crippen LogP contribution in [0.5, 0.6) is 11.5 Å². The first-order valence-electron chi connectivity index (χ1n) is 13.2. The number of para-hydroxylation sites is 1. The van der Waals surface area contributed by atoms with Crippen LogP contribution in [0, 0.1) is 20.8 Å². The second-order valence-corrected chi connectivity index (χ2v) is 10.8. The number of halogens is 1. The van der Waals surface area contributed by atoms with Gasteiger partial charge >= 0.3 is 0 Å². The van der Waals surface area contributed by atoms with E-state index in [1.807, 2.05) is 85.9 Å². The van der Waals surface area contributed by atoms with Gasteiger partial charge in [0.2, 0.25) is 0 Å². The van der Waals surface area contributed by atoms with Crippen LogP contribution in [0.3, 0.4) is 0 Å². The van der Waals surface area contributed by atoms with Gasteiger partial charge in [-0.05, 0) is 111 Å². The van der Waals surface area contributed by atoms with E-state index in [2.05, 4.69) is 52.9 Å². The molecular weight excluding hydrogens is 536 g/mol. The SMILES string of the molecule is Cc1ccccc1Oc1ccc(N2C(=S)N[C@H](c3ccccn3)[C@H]2c2cc(C)n(-c3cccc(Cl)c3)c2C)cc1. The highest BCUT2D eigenvalue weighted by Gasteiger charge is 2.42. The smallest absolute Gasteiger partial charge is 0.174 e. The van der Waals surface area contributed by atoms with E-state index in [9.17, 15) is 0 Å². The number of nitrogens with one attached hydrogen (secondary N) is 1. The maximum atomic E-state index is 6.36. The molecule has 1 N–H and O–H groups in total. The summed E-state index contributed by atoms with van der Waals surface area (Å²) in [6, 6.07) is 32.0. The molecule has 5 aromatic rings. The van der Waals surface area contributed by atoms with Gasteiger partial charge in [-0.2, -0.15) is 0 Å². The number of aromatic nitrogens is 2. The molecule has 0 bridgehead atoms. The van der Waals surface area contributed by atoms with E-state index in [0.717, 1.165) is 45.5 Å². The molecule has 6 rings (SSSR count). The van der Waals surface area contributed by atoms with E-state index in [4.69, 9.17) is 33.5 Å². The molecule has 7 heteroatoms. The molecule has 0 radical (unpaired) electrons. The molecule has 1 aliphatic heterocycles. The third-order valence-corrected chi connectivity index (χ3v) is 7.94. The first-order valence-corrected chi connectivity index (χ1v) is 14.0. The Bertz CT molecular complexity index is 1680. The summed E-state index contributed by atoms with van der Waals surface area (Å²) in [4.78, 5) is 6.89. The first kappa shape index (κ1) is 26.1. The topological polar surface area (TPSA) is 42.3 Å². The standard InChI is InChI=1S/C33H29ClN4OS/c1-21-9-4-5-13-30(21)39-27-16-14-25(15-17-27)38-32(31(36-33(38)40)29-12-6-7-18-35-29)28-19-22(2)37(23(28)3)26-11-8-10-24(34)20-26/h4-20,31-32H,1-3H3,(H,36,40)/t31-,32-/m1/s1. The molecule has 0 aliphatic carbocycles. The number of ether oxygens (including phenoxy) is 1. The number of aryl methyl sites for hydroxylation is 2. The lowest BCUT2D eigenvalue weighted by Crippen LogP contribution is -2.29. The van der Waals surface area contributed by atoms with Crippen LogP contribution in [0.25, 0.3) is 5.69 Å². The highest BCUT2D eigenvalue weighted by Crippen LogP contribution is 2.44. The summed E-state index contributed by atoms with van der Waals surface area (Å²) in [5.41, 5.74) is 7.44. The highest BCUT2D eigenvalue weighted by molar-refractivity contribution is 7.80. The number of thiocarbonyl (C=S) groups is 1. The van der Waals surface area contributed by atoms with Crippen molar-refractivity contribution in [1.82, 2.24) is 14.9 Å². The third-order valence-electron chi connectivity index (χ3n) is 7.39. The van der Waals surface area contributed by atoms with E-state index in [0.29, 0.717) is 10.1 Å². The zero-order valence-electron chi connectivity index (χ0n) is 22.5. The normalized spacial score (nSPS) is 16.7. The summed E-state index contributed by atoms with van der Waals surface area (Å²) < 4.78 is 8.41. The first-order chi connectivity index (χ1) is 19.4. The number of hydrogen-bond acceptors (Lipinski definition) is 3. The molecule has 0 saturated carbocycles. The van der Waals surface area contributed by atoms with Crippen LogP contribution in [-0.4, -0.2) is 14.7 Å². The monoisotopic (exact) mass is 564 g/mol. The van der Waals surface area contributed by atoms with Gasteiger partial charge in [-0.25, -0.2) is 0 Å². The zero-order valence-corrected chi connectivity index (χ0v) is 24.1. The molecule has 200 valence electrons. The Labute approximate surface area is 245 Å². The van der Waals surface area contributed by atoms with Crippen LogP contribution in [0.2, 0.25) is 5.02 Å². The predicted octanol–water partition coefficient (Wildman–Crippen LogP) is 8.42. The van der Waals surface area contributed by atoms with Crippen LogP contribution in [0.15, 0.2) is 103 Å². The lowest BCUT2D eigenvalue weighted by Gasteiger charge is -2.28. The van der Waals surface area contributed by atoms with Gasteiger partial charge in [0, 0.05) is 34.0 Å². The average molecular weight is 565 g/mol. The van der Waals surface area contributed by atoms with Crippen LogP contribution in [0.4, 0.5) is 5.69 Å². The molecule has 1 aliphatic rings. The van der Waals surface area contributed by atoms with E-state index in [-0.39, 0.29) is 12.1 Å². The molecule has 5 nitrogen and oxygen atoms in total. The number of anilines is 1. The summed E-state index contributed by atoms with van der Waals surface area (Å²) in [5.74, 6) is 1.61. The summed E-state index contributed by atoms with van der Waals surface area (Å²) in [5, 5.41) is 4.93. The highest BCUT2D eigenvalue weighted by atomic mass is 35.5.